The summed E-state index contributed by atoms with van der Waals surface area (Å²) < 4.78 is 22.5. The van der Waals surface area contributed by atoms with Gasteiger partial charge in [-0.3, -0.25) is 0 Å². The normalized spacial score (nSPS) is 14.2. The van der Waals surface area contributed by atoms with Crippen LogP contribution in [-0.4, -0.2) is 22.9 Å². The van der Waals surface area contributed by atoms with E-state index < -0.39 is 11.3 Å². The molecule has 0 aliphatic rings. The summed E-state index contributed by atoms with van der Waals surface area (Å²) in [5.74, 6) is 0. The summed E-state index contributed by atoms with van der Waals surface area (Å²) in [6, 6.07) is 7.26. The Morgan fingerprint density at radius 1 is 1.38 bits per heavy atom. The van der Waals surface area contributed by atoms with Crippen LogP contribution in [0.4, 0.5) is 5.69 Å². The van der Waals surface area contributed by atoms with E-state index in [1.807, 2.05) is 18.2 Å². The molecule has 0 spiro atoms. The summed E-state index contributed by atoms with van der Waals surface area (Å²) in [7, 11) is 3.23. The van der Waals surface area contributed by atoms with Crippen LogP contribution in [0, 0.1) is 0 Å². The van der Waals surface area contributed by atoms with Gasteiger partial charge in [0.25, 0.3) is 0 Å². The Morgan fingerprint density at radius 2 is 1.92 bits per heavy atom. The molecule has 0 aromatic heterocycles. The number of quaternary nitrogens is 1. The summed E-state index contributed by atoms with van der Waals surface area (Å²) in [5.41, 5.74) is 0.718. The van der Waals surface area contributed by atoms with Gasteiger partial charge < -0.3 is 4.55 Å². The third kappa shape index (κ3) is 2.17. The molecule has 5 heteroatoms. The van der Waals surface area contributed by atoms with E-state index in [9.17, 15) is 8.76 Å². The lowest BCUT2D eigenvalue weighted by molar-refractivity contribution is 0.464. The lowest BCUT2D eigenvalue weighted by Gasteiger charge is -2.30. The molecular weight excluding hydrogens is 254 g/mol. The van der Waals surface area contributed by atoms with Crippen molar-refractivity contribution in [2.75, 3.05) is 14.1 Å². The van der Waals surface area contributed by atoms with Crippen LogP contribution in [0.2, 0.25) is 0 Å². The molecule has 13 heavy (non-hydrogen) atoms. The maximum absolute atomic E-state index is 10.9. The van der Waals surface area contributed by atoms with E-state index in [1.54, 1.807) is 20.2 Å². The largest absolute Gasteiger partial charge is 0.724 e. The number of hydrogen-bond donors (Lipinski definition) is 0. The first-order valence-corrected chi connectivity index (χ1v) is 5.48. The van der Waals surface area contributed by atoms with Crippen LogP contribution < -0.4 is 3.89 Å². The van der Waals surface area contributed by atoms with Crippen molar-refractivity contribution in [2.24, 2.45) is 0 Å². The molecule has 0 N–H and O–H groups in total. The number of nitrogens with zero attached hydrogens (tertiary/aromatic N) is 1. The first kappa shape index (κ1) is 10.8. The molecule has 0 radical (unpaired) electrons. The first-order valence-electron chi connectivity index (χ1n) is 3.65. The van der Waals surface area contributed by atoms with Crippen molar-refractivity contribution in [3.8, 4) is 0 Å². The van der Waals surface area contributed by atoms with Gasteiger partial charge >= 0.3 is 0 Å². The highest BCUT2D eigenvalue weighted by molar-refractivity contribution is 9.10. The van der Waals surface area contributed by atoms with Crippen LogP contribution in [0.25, 0.3) is 0 Å². The molecule has 1 atom stereocenters. The zero-order valence-corrected chi connectivity index (χ0v) is 9.76. The van der Waals surface area contributed by atoms with Crippen LogP contribution in [0.3, 0.4) is 0 Å². The van der Waals surface area contributed by atoms with E-state index in [-0.39, 0.29) is 3.89 Å². The van der Waals surface area contributed by atoms with E-state index in [0.717, 1.165) is 10.2 Å². The average Bonchev–Trinajstić information content (AvgIpc) is 2.04. The van der Waals surface area contributed by atoms with Crippen LogP contribution in [0.5, 0.6) is 0 Å². The van der Waals surface area contributed by atoms with Crippen LogP contribution in [-0.2, 0) is 11.3 Å². The molecule has 1 unspecified atom stereocenters. The summed E-state index contributed by atoms with van der Waals surface area (Å²) in [4.78, 5) is 0. The molecule has 1 aromatic rings. The third-order valence-electron chi connectivity index (χ3n) is 1.81. The maximum atomic E-state index is 10.9. The van der Waals surface area contributed by atoms with E-state index in [2.05, 4.69) is 15.9 Å². The Hall–Kier alpha value is -0.230. The minimum Gasteiger partial charge on any atom is -0.724 e. The van der Waals surface area contributed by atoms with Gasteiger partial charge in [-0.15, -0.1) is 0 Å². The van der Waals surface area contributed by atoms with Gasteiger partial charge in [0.05, 0.1) is 18.6 Å². The average molecular weight is 264 g/mol. The molecule has 3 nitrogen and oxygen atoms in total. The summed E-state index contributed by atoms with van der Waals surface area (Å²) in [5, 5.41) is 0. The van der Waals surface area contributed by atoms with Crippen LogP contribution in [0.1, 0.15) is 0 Å². The van der Waals surface area contributed by atoms with Crippen molar-refractivity contribution in [1.29, 1.82) is 0 Å². The SMILES string of the molecule is C[N+](C)(c1ccccc1Br)S(=O)[O-]. The van der Waals surface area contributed by atoms with Gasteiger partial charge in [0.2, 0.25) is 0 Å². The second-order valence-corrected chi connectivity index (χ2v) is 5.22. The minimum absolute atomic E-state index is 0.179. The molecule has 0 aliphatic heterocycles. The highest BCUT2D eigenvalue weighted by Crippen LogP contribution is 2.29. The molecule has 0 heterocycles. The quantitative estimate of drug-likeness (QED) is 0.603. The maximum Gasteiger partial charge on any atom is 0.159 e. The van der Waals surface area contributed by atoms with Crippen LogP contribution in [0.15, 0.2) is 28.7 Å². The first-order chi connectivity index (χ1) is 5.96. The summed E-state index contributed by atoms with van der Waals surface area (Å²) in [6.45, 7) is 0. The van der Waals surface area contributed by atoms with Crippen molar-refractivity contribution in [3.05, 3.63) is 28.7 Å². The van der Waals surface area contributed by atoms with E-state index in [4.69, 9.17) is 0 Å². The number of para-hydroxylation sites is 1. The minimum atomic E-state index is -2.18. The second-order valence-electron chi connectivity index (χ2n) is 3.02. The fourth-order valence-corrected chi connectivity index (χ4v) is 2.13. The molecule has 72 valence electrons. The second kappa shape index (κ2) is 3.88. The molecule has 1 aromatic carbocycles. The lowest BCUT2D eigenvalue weighted by atomic mass is 10.3. The van der Waals surface area contributed by atoms with Crippen molar-refractivity contribution >= 4 is 32.9 Å². The van der Waals surface area contributed by atoms with Crippen LogP contribution >= 0.6 is 15.9 Å². The van der Waals surface area contributed by atoms with Crippen molar-refractivity contribution in [1.82, 2.24) is 3.89 Å². The molecule has 0 fully saturated rings. The Balaban J connectivity index is 3.22. The van der Waals surface area contributed by atoms with E-state index >= 15 is 0 Å². The van der Waals surface area contributed by atoms with Crippen molar-refractivity contribution < 1.29 is 8.76 Å². The zero-order chi connectivity index (χ0) is 10.1. The number of benzene rings is 1. The predicted octanol–water partition coefficient (Wildman–Crippen LogP) is 1.81. The van der Waals surface area contributed by atoms with E-state index in [0.29, 0.717) is 0 Å². The number of halogens is 1. The molecular formula is C8H10BrNO2S. The Morgan fingerprint density at radius 3 is 2.38 bits per heavy atom. The van der Waals surface area contributed by atoms with Gasteiger partial charge in [-0.2, -0.15) is 0 Å². The highest BCUT2D eigenvalue weighted by Gasteiger charge is 2.23. The fourth-order valence-electron chi connectivity index (χ4n) is 0.969. The monoisotopic (exact) mass is 263 g/mol. The smallest absolute Gasteiger partial charge is 0.159 e. The van der Waals surface area contributed by atoms with Gasteiger partial charge in [-0.05, 0) is 22.0 Å². The van der Waals surface area contributed by atoms with Gasteiger partial charge in [0.15, 0.2) is 17.0 Å². The molecule has 0 aliphatic carbocycles. The topological polar surface area (TPSA) is 40.1 Å². The van der Waals surface area contributed by atoms with Crippen molar-refractivity contribution in [3.63, 3.8) is 0 Å². The van der Waals surface area contributed by atoms with Gasteiger partial charge in [-0.25, -0.2) is 8.10 Å². The highest BCUT2D eigenvalue weighted by atomic mass is 79.9. The van der Waals surface area contributed by atoms with Gasteiger partial charge in [0, 0.05) is 6.07 Å². The summed E-state index contributed by atoms with van der Waals surface area (Å²) >= 11 is 1.13. The molecule has 0 bridgehead atoms. The van der Waals surface area contributed by atoms with Gasteiger partial charge in [0.1, 0.15) is 0 Å². The fraction of sp³-hybridized carbons (Fsp3) is 0.250. The van der Waals surface area contributed by atoms with Gasteiger partial charge in [-0.1, -0.05) is 12.1 Å². The number of hydrogen-bond acceptors (Lipinski definition) is 2. The Bertz CT molecular complexity index is 341. The molecule has 0 saturated carbocycles. The lowest BCUT2D eigenvalue weighted by Crippen LogP contribution is -2.42. The standard InChI is InChI=1S/C8H10BrNO2S/c1-10(2,13(11)12)8-6-4-3-5-7(8)9/h3-6H,1-2H3. The van der Waals surface area contributed by atoms with E-state index in [1.165, 1.54) is 0 Å². The number of rotatable bonds is 2. The van der Waals surface area contributed by atoms with Crippen molar-refractivity contribution in [2.45, 2.75) is 0 Å². The predicted molar refractivity (Wildman–Crippen MR) is 56.7 cm³/mol. The Labute approximate surface area is 88.5 Å². The zero-order valence-electron chi connectivity index (χ0n) is 7.36. The molecule has 1 rings (SSSR count). The Kier molecular flexibility index (Phi) is 3.23. The summed E-state index contributed by atoms with van der Waals surface area (Å²) in [6.07, 6.45) is 0. The molecule has 0 saturated heterocycles. The molecule has 0 amide bonds. The third-order valence-corrected chi connectivity index (χ3v) is 3.42.